The SMILES string of the molecule is NC(=O)c1cccc2c1ncn2[C@@H]1O[C@H](CO)[C@@H](O)[C@H]1O. The number of para-hydroxylation sites is 1. The predicted molar refractivity (Wildman–Crippen MR) is 71.3 cm³/mol. The molecule has 2 heterocycles. The summed E-state index contributed by atoms with van der Waals surface area (Å²) < 4.78 is 6.95. The van der Waals surface area contributed by atoms with Crippen molar-refractivity contribution in [3.05, 3.63) is 30.1 Å². The molecule has 21 heavy (non-hydrogen) atoms. The summed E-state index contributed by atoms with van der Waals surface area (Å²) in [5.41, 5.74) is 6.49. The largest absolute Gasteiger partial charge is 0.394 e. The van der Waals surface area contributed by atoms with Gasteiger partial charge in [-0.25, -0.2) is 4.98 Å². The lowest BCUT2D eigenvalue weighted by Crippen LogP contribution is -2.33. The van der Waals surface area contributed by atoms with Crippen LogP contribution in [-0.4, -0.2) is 55.7 Å². The van der Waals surface area contributed by atoms with Gasteiger partial charge in [0.15, 0.2) is 6.23 Å². The monoisotopic (exact) mass is 293 g/mol. The molecular weight excluding hydrogens is 278 g/mol. The number of aliphatic hydroxyl groups excluding tert-OH is 3. The third kappa shape index (κ3) is 2.09. The molecule has 3 rings (SSSR count). The minimum Gasteiger partial charge on any atom is -0.394 e. The number of benzene rings is 1. The Labute approximate surface area is 119 Å². The van der Waals surface area contributed by atoms with E-state index in [-0.39, 0.29) is 5.56 Å². The van der Waals surface area contributed by atoms with E-state index in [1.807, 2.05) is 0 Å². The molecule has 0 spiro atoms. The minimum absolute atomic E-state index is 0.262. The fourth-order valence-electron chi connectivity index (χ4n) is 2.57. The number of rotatable bonds is 3. The highest BCUT2D eigenvalue weighted by Crippen LogP contribution is 2.32. The smallest absolute Gasteiger partial charge is 0.250 e. The molecular formula is C13H15N3O5. The number of hydrogen-bond acceptors (Lipinski definition) is 6. The Bertz CT molecular complexity index is 685. The molecule has 2 aromatic rings. The first-order valence-corrected chi connectivity index (χ1v) is 6.42. The molecule has 1 aromatic heterocycles. The average Bonchev–Trinajstić information content (AvgIpc) is 3.01. The van der Waals surface area contributed by atoms with Crippen molar-refractivity contribution in [1.29, 1.82) is 0 Å². The highest BCUT2D eigenvalue weighted by Gasteiger charge is 2.43. The Morgan fingerprint density at radius 1 is 1.38 bits per heavy atom. The van der Waals surface area contributed by atoms with Gasteiger partial charge in [-0.3, -0.25) is 4.79 Å². The van der Waals surface area contributed by atoms with E-state index in [2.05, 4.69) is 4.98 Å². The van der Waals surface area contributed by atoms with Gasteiger partial charge in [-0.1, -0.05) is 6.07 Å². The molecule has 0 bridgehead atoms. The summed E-state index contributed by atoms with van der Waals surface area (Å²) in [4.78, 5) is 15.5. The fraction of sp³-hybridized carbons (Fsp3) is 0.385. The van der Waals surface area contributed by atoms with E-state index in [4.69, 9.17) is 15.6 Å². The first-order chi connectivity index (χ1) is 10.0. The van der Waals surface area contributed by atoms with Crippen LogP contribution in [0.2, 0.25) is 0 Å². The van der Waals surface area contributed by atoms with Crippen LogP contribution in [0.4, 0.5) is 0 Å². The summed E-state index contributed by atoms with van der Waals surface area (Å²) in [6, 6.07) is 4.89. The summed E-state index contributed by atoms with van der Waals surface area (Å²) in [7, 11) is 0. The molecule has 0 aliphatic carbocycles. The molecule has 0 saturated carbocycles. The predicted octanol–water partition coefficient (Wildman–Crippen LogP) is -1.25. The third-order valence-electron chi connectivity index (χ3n) is 3.66. The lowest BCUT2D eigenvalue weighted by atomic mass is 10.1. The van der Waals surface area contributed by atoms with Crippen molar-refractivity contribution in [3.63, 3.8) is 0 Å². The molecule has 1 amide bonds. The first-order valence-electron chi connectivity index (χ1n) is 6.42. The standard InChI is InChI=1S/C13H15N3O5/c14-12(20)6-2-1-3-7-9(6)15-5-16(7)13-11(19)10(18)8(4-17)21-13/h1-3,5,8,10-11,13,17-19H,4H2,(H2,14,20)/t8-,10-,11-,13-/m1/s1. The summed E-state index contributed by atoms with van der Waals surface area (Å²) in [5.74, 6) is -0.605. The maximum atomic E-state index is 11.4. The lowest BCUT2D eigenvalue weighted by molar-refractivity contribution is -0.0508. The summed E-state index contributed by atoms with van der Waals surface area (Å²) in [5, 5.41) is 29.0. The van der Waals surface area contributed by atoms with Crippen molar-refractivity contribution < 1.29 is 24.9 Å². The molecule has 1 aliphatic heterocycles. The van der Waals surface area contributed by atoms with E-state index in [9.17, 15) is 15.0 Å². The maximum absolute atomic E-state index is 11.4. The van der Waals surface area contributed by atoms with Crippen LogP contribution in [0.5, 0.6) is 0 Å². The number of nitrogens with zero attached hydrogens (tertiary/aromatic N) is 2. The second kappa shape index (κ2) is 5.08. The summed E-state index contributed by atoms with van der Waals surface area (Å²) in [6.45, 7) is -0.409. The van der Waals surface area contributed by atoms with Crippen molar-refractivity contribution in [1.82, 2.24) is 9.55 Å². The molecule has 0 unspecified atom stereocenters. The minimum atomic E-state index is -1.21. The van der Waals surface area contributed by atoms with Crippen LogP contribution in [-0.2, 0) is 4.74 Å². The van der Waals surface area contributed by atoms with Crippen molar-refractivity contribution in [2.24, 2.45) is 5.73 Å². The van der Waals surface area contributed by atoms with Gasteiger partial charge in [0, 0.05) is 0 Å². The van der Waals surface area contributed by atoms with Crippen LogP contribution in [0.3, 0.4) is 0 Å². The molecule has 1 fully saturated rings. The van der Waals surface area contributed by atoms with Gasteiger partial charge in [-0.05, 0) is 12.1 Å². The van der Waals surface area contributed by atoms with Crippen molar-refractivity contribution >= 4 is 16.9 Å². The summed E-state index contributed by atoms with van der Waals surface area (Å²) in [6.07, 6.45) is -2.78. The molecule has 1 aromatic carbocycles. The van der Waals surface area contributed by atoms with Gasteiger partial charge in [0.05, 0.1) is 24.0 Å². The highest BCUT2D eigenvalue weighted by molar-refractivity contribution is 6.04. The van der Waals surface area contributed by atoms with Gasteiger partial charge < -0.3 is 30.4 Å². The maximum Gasteiger partial charge on any atom is 0.250 e. The van der Waals surface area contributed by atoms with E-state index in [1.165, 1.54) is 10.9 Å². The number of ether oxygens (including phenoxy) is 1. The van der Waals surface area contributed by atoms with Crippen molar-refractivity contribution in [2.45, 2.75) is 24.5 Å². The van der Waals surface area contributed by atoms with Gasteiger partial charge in [0.25, 0.3) is 5.91 Å². The fourth-order valence-corrected chi connectivity index (χ4v) is 2.57. The Kier molecular flexibility index (Phi) is 3.38. The average molecular weight is 293 g/mol. The van der Waals surface area contributed by atoms with Gasteiger partial charge >= 0.3 is 0 Å². The normalized spacial score (nSPS) is 29.1. The Morgan fingerprint density at radius 2 is 2.14 bits per heavy atom. The molecule has 8 heteroatoms. The van der Waals surface area contributed by atoms with Crippen molar-refractivity contribution in [2.75, 3.05) is 6.61 Å². The molecule has 0 radical (unpaired) electrons. The van der Waals surface area contributed by atoms with E-state index in [0.717, 1.165) is 0 Å². The van der Waals surface area contributed by atoms with Crippen LogP contribution >= 0.6 is 0 Å². The van der Waals surface area contributed by atoms with Crippen LogP contribution < -0.4 is 5.73 Å². The Hall–Kier alpha value is -2.00. The summed E-state index contributed by atoms with van der Waals surface area (Å²) >= 11 is 0. The molecule has 1 aliphatic rings. The third-order valence-corrected chi connectivity index (χ3v) is 3.66. The molecule has 5 N–H and O–H groups in total. The Balaban J connectivity index is 2.06. The van der Waals surface area contributed by atoms with Crippen molar-refractivity contribution in [3.8, 4) is 0 Å². The zero-order chi connectivity index (χ0) is 15.1. The van der Waals surface area contributed by atoms with Gasteiger partial charge in [0.1, 0.15) is 23.8 Å². The number of aliphatic hydroxyl groups is 3. The van der Waals surface area contributed by atoms with E-state index in [1.54, 1.807) is 18.2 Å². The molecule has 1 saturated heterocycles. The topological polar surface area (TPSA) is 131 Å². The lowest BCUT2D eigenvalue weighted by Gasteiger charge is -2.17. The second-order valence-electron chi connectivity index (χ2n) is 4.92. The van der Waals surface area contributed by atoms with Crippen LogP contribution in [0.25, 0.3) is 11.0 Å². The quantitative estimate of drug-likeness (QED) is 0.559. The number of amides is 1. The van der Waals surface area contributed by atoms with Gasteiger partial charge in [-0.2, -0.15) is 0 Å². The van der Waals surface area contributed by atoms with E-state index in [0.29, 0.717) is 11.0 Å². The van der Waals surface area contributed by atoms with Crippen LogP contribution in [0, 0.1) is 0 Å². The number of hydrogen-bond donors (Lipinski definition) is 4. The highest BCUT2D eigenvalue weighted by atomic mass is 16.6. The number of nitrogens with two attached hydrogens (primary N) is 1. The molecule has 4 atom stereocenters. The molecule has 8 nitrogen and oxygen atoms in total. The number of aromatic nitrogens is 2. The van der Waals surface area contributed by atoms with E-state index >= 15 is 0 Å². The Morgan fingerprint density at radius 3 is 2.76 bits per heavy atom. The zero-order valence-corrected chi connectivity index (χ0v) is 11.0. The van der Waals surface area contributed by atoms with Gasteiger partial charge in [0.2, 0.25) is 0 Å². The van der Waals surface area contributed by atoms with E-state index < -0.39 is 37.1 Å². The number of carbonyl (C=O) groups is 1. The number of fused-ring (bicyclic) bond motifs is 1. The first kappa shape index (κ1) is 14.0. The molecule has 112 valence electrons. The number of imidazole rings is 1. The number of carbonyl (C=O) groups excluding carboxylic acids is 1. The van der Waals surface area contributed by atoms with Gasteiger partial charge in [-0.15, -0.1) is 0 Å². The van der Waals surface area contributed by atoms with Crippen LogP contribution in [0.1, 0.15) is 16.6 Å². The van der Waals surface area contributed by atoms with Crippen LogP contribution in [0.15, 0.2) is 24.5 Å². The number of primary amides is 1. The zero-order valence-electron chi connectivity index (χ0n) is 11.0. The second-order valence-corrected chi connectivity index (χ2v) is 4.92.